The second-order valence-electron chi connectivity index (χ2n) is 14.6. The van der Waals surface area contributed by atoms with E-state index in [2.05, 4.69) is 40.7 Å². The van der Waals surface area contributed by atoms with Crippen LogP contribution in [-0.2, 0) is 20.2 Å². The fraction of sp³-hybridized carbons (Fsp3) is 0.543. The van der Waals surface area contributed by atoms with Crippen LogP contribution in [0.4, 0.5) is 0 Å². The summed E-state index contributed by atoms with van der Waals surface area (Å²) in [7, 11) is -3.76. The number of ether oxygens (including phenoxy) is 1. The molecule has 210 valence electrons. The van der Waals surface area contributed by atoms with Gasteiger partial charge < -0.3 is 4.74 Å². The van der Waals surface area contributed by atoms with Crippen molar-refractivity contribution in [2.45, 2.75) is 96.2 Å². The smallest absolute Gasteiger partial charge is 0.268 e. The molecule has 1 spiro atoms. The molecule has 3 aromatic rings. The van der Waals surface area contributed by atoms with Crippen molar-refractivity contribution < 1.29 is 13.2 Å². The minimum absolute atomic E-state index is 0.0987. The standard InChI is InChI=1S/C35H41NO3S/c1-20-10-13-23(14-11-20)40(37,38)36-19-24-29-25(8-7-9-26(29)36)33(4,5)32-27-18-35-28(39-27)15-12-22(3)34(35,6)17-16-21(2)31(35)30(24)32/h7-11,13-14,19,21-22,27-28,31H,12,15-18H2,1-6H3/t21-,22-,27?,28+,31+,34+,35+/m1/s1. The van der Waals surface area contributed by atoms with E-state index in [9.17, 15) is 8.42 Å². The molecule has 3 fully saturated rings. The van der Waals surface area contributed by atoms with Crippen LogP contribution in [0.5, 0.6) is 0 Å². The summed E-state index contributed by atoms with van der Waals surface area (Å²) in [5.41, 5.74) is 7.18. The predicted octanol–water partition coefficient (Wildman–Crippen LogP) is 7.87. The Morgan fingerprint density at radius 1 is 0.975 bits per heavy atom. The maximum Gasteiger partial charge on any atom is 0.268 e. The zero-order valence-electron chi connectivity index (χ0n) is 24.6. The molecule has 2 saturated carbocycles. The van der Waals surface area contributed by atoms with Crippen molar-refractivity contribution in [2.24, 2.45) is 28.6 Å². The topological polar surface area (TPSA) is 48.3 Å². The largest absolute Gasteiger partial charge is 0.370 e. The Morgan fingerprint density at radius 3 is 2.48 bits per heavy atom. The average molecular weight is 556 g/mol. The summed E-state index contributed by atoms with van der Waals surface area (Å²) in [6, 6.07) is 13.5. The van der Waals surface area contributed by atoms with Gasteiger partial charge in [-0.05, 0) is 97.1 Å². The normalized spacial score (nSPS) is 37.4. The highest BCUT2D eigenvalue weighted by Gasteiger charge is 2.72. The third-order valence-electron chi connectivity index (χ3n) is 12.6. The molecule has 1 aromatic heterocycles. The van der Waals surface area contributed by atoms with Crippen LogP contribution in [0.2, 0.25) is 0 Å². The van der Waals surface area contributed by atoms with Crippen molar-refractivity contribution in [3.8, 4) is 0 Å². The van der Waals surface area contributed by atoms with Gasteiger partial charge in [0, 0.05) is 28.0 Å². The first-order valence-electron chi connectivity index (χ1n) is 15.3. The molecule has 4 aliphatic carbocycles. The van der Waals surface area contributed by atoms with E-state index in [0.717, 1.165) is 34.9 Å². The molecule has 40 heavy (non-hydrogen) atoms. The van der Waals surface area contributed by atoms with Crippen LogP contribution in [0.1, 0.15) is 83.4 Å². The molecule has 1 saturated heterocycles. The third-order valence-corrected chi connectivity index (χ3v) is 14.3. The highest BCUT2D eigenvalue weighted by molar-refractivity contribution is 7.90. The van der Waals surface area contributed by atoms with E-state index in [1.54, 1.807) is 16.1 Å². The van der Waals surface area contributed by atoms with E-state index in [-0.39, 0.29) is 28.5 Å². The molecule has 1 aliphatic heterocycles. The van der Waals surface area contributed by atoms with Gasteiger partial charge in [-0.2, -0.15) is 0 Å². The number of aryl methyl sites for hydroxylation is 1. The quantitative estimate of drug-likeness (QED) is 0.323. The fourth-order valence-electron chi connectivity index (χ4n) is 10.5. The Morgan fingerprint density at radius 2 is 1.73 bits per heavy atom. The van der Waals surface area contributed by atoms with Crippen LogP contribution in [0.3, 0.4) is 0 Å². The third kappa shape index (κ3) is 2.75. The molecule has 2 aromatic carbocycles. The zero-order valence-corrected chi connectivity index (χ0v) is 25.4. The van der Waals surface area contributed by atoms with Crippen LogP contribution >= 0.6 is 0 Å². The number of nitrogens with zero attached hydrogens (tertiary/aromatic N) is 1. The van der Waals surface area contributed by atoms with Crippen LogP contribution in [0.25, 0.3) is 16.5 Å². The zero-order chi connectivity index (χ0) is 28.0. The summed E-state index contributed by atoms with van der Waals surface area (Å²) >= 11 is 0. The Balaban J connectivity index is 1.44. The molecule has 2 heterocycles. The molecule has 0 radical (unpaired) electrons. The summed E-state index contributed by atoms with van der Waals surface area (Å²) in [5.74, 6) is 1.57. The van der Waals surface area contributed by atoms with E-state index in [4.69, 9.17) is 4.74 Å². The van der Waals surface area contributed by atoms with Crippen molar-refractivity contribution in [3.05, 3.63) is 70.9 Å². The van der Waals surface area contributed by atoms with Crippen LogP contribution < -0.4 is 0 Å². The molecule has 5 heteroatoms. The molecule has 7 atom stereocenters. The summed E-state index contributed by atoms with van der Waals surface area (Å²) in [5, 5.41) is 1.12. The number of benzene rings is 2. The minimum Gasteiger partial charge on any atom is -0.370 e. The van der Waals surface area contributed by atoms with Crippen LogP contribution in [0, 0.1) is 35.5 Å². The monoisotopic (exact) mass is 555 g/mol. The molecular weight excluding hydrogens is 514 g/mol. The van der Waals surface area contributed by atoms with Crippen LogP contribution in [0.15, 0.2) is 59.1 Å². The summed E-state index contributed by atoms with van der Waals surface area (Å²) in [4.78, 5) is 0.338. The number of rotatable bonds is 2. The van der Waals surface area contributed by atoms with Crippen molar-refractivity contribution >= 4 is 26.5 Å². The molecule has 8 rings (SSSR count). The first-order valence-corrected chi connectivity index (χ1v) is 16.7. The van der Waals surface area contributed by atoms with Gasteiger partial charge >= 0.3 is 0 Å². The van der Waals surface area contributed by atoms with Gasteiger partial charge in [0.15, 0.2) is 0 Å². The van der Waals surface area contributed by atoms with Gasteiger partial charge in [-0.1, -0.05) is 64.4 Å². The van der Waals surface area contributed by atoms with Gasteiger partial charge in [0.05, 0.1) is 22.6 Å². The van der Waals surface area contributed by atoms with Crippen LogP contribution in [-0.4, -0.2) is 24.6 Å². The van der Waals surface area contributed by atoms with Gasteiger partial charge in [0.2, 0.25) is 0 Å². The van der Waals surface area contributed by atoms with Gasteiger partial charge in [0.25, 0.3) is 10.0 Å². The number of hydrogen-bond donors (Lipinski definition) is 0. The molecule has 5 aliphatic rings. The van der Waals surface area contributed by atoms with Crippen molar-refractivity contribution in [3.63, 3.8) is 0 Å². The van der Waals surface area contributed by atoms with Gasteiger partial charge in [-0.15, -0.1) is 0 Å². The Kier molecular flexibility index (Phi) is 4.89. The summed E-state index contributed by atoms with van der Waals surface area (Å²) in [6.07, 6.45) is 8.34. The predicted molar refractivity (Wildman–Crippen MR) is 160 cm³/mol. The maximum absolute atomic E-state index is 14.2. The highest BCUT2D eigenvalue weighted by Crippen LogP contribution is 2.76. The van der Waals surface area contributed by atoms with Crippen molar-refractivity contribution in [1.29, 1.82) is 0 Å². The van der Waals surface area contributed by atoms with Gasteiger partial charge in [0.1, 0.15) is 0 Å². The van der Waals surface area contributed by atoms with Gasteiger partial charge in [-0.3, -0.25) is 0 Å². The van der Waals surface area contributed by atoms with E-state index >= 15 is 0 Å². The SMILES string of the molecule is Cc1ccc(S(=O)(=O)n2cc3c4c(cccc42)C(C)(C)C2=C3[C@@H]3[C@H](C)CC[C@@]4(C)[C@H](C)CC[C@@H]5OC2C[C@]534)cc1. The summed E-state index contributed by atoms with van der Waals surface area (Å²) < 4.78 is 37.2. The Bertz CT molecular complexity index is 1730. The molecule has 2 bridgehead atoms. The second kappa shape index (κ2) is 7.72. The Labute approximate surface area is 238 Å². The molecule has 0 N–H and O–H groups in total. The Hall–Kier alpha value is -2.37. The van der Waals surface area contributed by atoms with Crippen molar-refractivity contribution in [2.75, 3.05) is 0 Å². The van der Waals surface area contributed by atoms with Gasteiger partial charge in [-0.25, -0.2) is 12.4 Å². The first-order chi connectivity index (χ1) is 18.9. The average Bonchev–Trinajstić information content (AvgIpc) is 3.46. The van der Waals surface area contributed by atoms with E-state index in [1.165, 1.54) is 36.0 Å². The lowest BCUT2D eigenvalue weighted by Gasteiger charge is -2.65. The number of allylic oxidation sites excluding steroid dienone is 1. The molecule has 1 unspecified atom stereocenters. The highest BCUT2D eigenvalue weighted by atomic mass is 32.2. The molecule has 0 amide bonds. The van der Waals surface area contributed by atoms with E-state index < -0.39 is 10.0 Å². The molecule has 4 nitrogen and oxygen atoms in total. The first kappa shape index (κ1) is 25.3. The van der Waals surface area contributed by atoms with Crippen molar-refractivity contribution in [1.82, 2.24) is 3.97 Å². The second-order valence-corrected chi connectivity index (χ2v) is 16.4. The fourth-order valence-corrected chi connectivity index (χ4v) is 11.9. The maximum atomic E-state index is 14.2. The van der Waals surface area contributed by atoms with E-state index in [1.807, 2.05) is 37.4 Å². The number of hydrogen-bond acceptors (Lipinski definition) is 3. The summed E-state index contributed by atoms with van der Waals surface area (Å²) in [6.45, 7) is 14.2. The van der Waals surface area contributed by atoms with E-state index in [0.29, 0.717) is 22.6 Å². The molecular formula is C35H41NO3S. The lowest BCUT2D eigenvalue weighted by molar-refractivity contribution is -0.158. The lowest BCUT2D eigenvalue weighted by Crippen LogP contribution is -2.61. The minimum atomic E-state index is -3.76. The lowest BCUT2D eigenvalue weighted by atomic mass is 9.37. The number of aromatic nitrogens is 1. The number of fused-ring (bicyclic) bond motifs is 4.